The first-order chi connectivity index (χ1) is 9.16. The Morgan fingerprint density at radius 1 is 1.21 bits per heavy atom. The molecule has 96 valence electrons. The van der Waals surface area contributed by atoms with Crippen LogP contribution in [0, 0.1) is 6.92 Å². The summed E-state index contributed by atoms with van der Waals surface area (Å²) in [7, 11) is 0. The van der Waals surface area contributed by atoms with Crippen molar-refractivity contribution in [3.63, 3.8) is 0 Å². The van der Waals surface area contributed by atoms with E-state index >= 15 is 0 Å². The van der Waals surface area contributed by atoms with Crippen LogP contribution in [0.5, 0.6) is 0 Å². The second kappa shape index (κ2) is 4.83. The SMILES string of the molecule is Cc1ccc(-c2c(N)noc2-c2sccc2Br)cc1. The number of hydrogen-bond acceptors (Lipinski definition) is 4. The smallest absolute Gasteiger partial charge is 0.187 e. The molecule has 0 radical (unpaired) electrons. The van der Waals surface area contributed by atoms with Crippen molar-refractivity contribution >= 4 is 33.1 Å². The molecule has 3 rings (SSSR count). The van der Waals surface area contributed by atoms with Gasteiger partial charge in [-0.15, -0.1) is 11.3 Å². The zero-order valence-corrected chi connectivity index (χ0v) is 12.6. The first-order valence-electron chi connectivity index (χ1n) is 5.72. The molecule has 2 heterocycles. The summed E-state index contributed by atoms with van der Waals surface area (Å²) in [6.07, 6.45) is 0. The van der Waals surface area contributed by atoms with Crippen molar-refractivity contribution in [2.24, 2.45) is 0 Å². The fourth-order valence-electron chi connectivity index (χ4n) is 1.91. The van der Waals surface area contributed by atoms with Gasteiger partial charge in [-0.2, -0.15) is 0 Å². The summed E-state index contributed by atoms with van der Waals surface area (Å²) in [5.74, 6) is 1.13. The summed E-state index contributed by atoms with van der Waals surface area (Å²) in [6.45, 7) is 2.05. The van der Waals surface area contributed by atoms with Gasteiger partial charge in [0.2, 0.25) is 0 Å². The maximum atomic E-state index is 5.95. The van der Waals surface area contributed by atoms with Gasteiger partial charge >= 0.3 is 0 Å². The van der Waals surface area contributed by atoms with Gasteiger partial charge in [0.05, 0.1) is 10.4 Å². The van der Waals surface area contributed by atoms with Crippen LogP contribution in [0.2, 0.25) is 0 Å². The lowest BCUT2D eigenvalue weighted by molar-refractivity contribution is 0.437. The van der Waals surface area contributed by atoms with Crippen LogP contribution in [0.15, 0.2) is 44.7 Å². The number of hydrogen-bond donors (Lipinski definition) is 1. The largest absolute Gasteiger partial charge is 0.380 e. The van der Waals surface area contributed by atoms with Crippen LogP contribution in [0.1, 0.15) is 5.56 Å². The lowest BCUT2D eigenvalue weighted by Gasteiger charge is -2.02. The van der Waals surface area contributed by atoms with Gasteiger partial charge in [-0.1, -0.05) is 35.0 Å². The summed E-state index contributed by atoms with van der Waals surface area (Å²) < 4.78 is 6.40. The second-order valence-corrected chi connectivity index (χ2v) is 6.01. The standard InChI is InChI=1S/C14H11BrN2OS/c1-8-2-4-9(5-3-8)11-12(18-17-14(11)16)13-10(15)6-7-19-13/h2-7H,1H3,(H2,16,17). The maximum absolute atomic E-state index is 5.95. The summed E-state index contributed by atoms with van der Waals surface area (Å²) in [5.41, 5.74) is 9.02. The van der Waals surface area contributed by atoms with E-state index in [4.69, 9.17) is 10.3 Å². The van der Waals surface area contributed by atoms with Crippen LogP contribution in [0.4, 0.5) is 5.82 Å². The number of aryl methyl sites for hydroxylation is 1. The van der Waals surface area contributed by atoms with Crippen molar-refractivity contribution in [2.45, 2.75) is 6.92 Å². The van der Waals surface area contributed by atoms with E-state index in [1.54, 1.807) is 11.3 Å². The number of aromatic nitrogens is 1. The number of benzene rings is 1. The summed E-state index contributed by atoms with van der Waals surface area (Å²) in [6, 6.07) is 10.1. The van der Waals surface area contributed by atoms with Gasteiger partial charge in [-0.3, -0.25) is 0 Å². The zero-order valence-electron chi connectivity index (χ0n) is 10.2. The molecule has 0 spiro atoms. The highest BCUT2D eigenvalue weighted by Gasteiger charge is 2.20. The molecule has 0 saturated carbocycles. The van der Waals surface area contributed by atoms with Crippen molar-refractivity contribution in [3.8, 4) is 21.8 Å². The van der Waals surface area contributed by atoms with Crippen molar-refractivity contribution in [1.82, 2.24) is 5.16 Å². The minimum Gasteiger partial charge on any atom is -0.380 e. The Bertz CT molecular complexity index is 715. The van der Waals surface area contributed by atoms with E-state index in [1.165, 1.54) is 5.56 Å². The second-order valence-electron chi connectivity index (χ2n) is 4.24. The molecule has 19 heavy (non-hydrogen) atoms. The van der Waals surface area contributed by atoms with E-state index in [0.29, 0.717) is 11.6 Å². The quantitative estimate of drug-likeness (QED) is 0.737. The van der Waals surface area contributed by atoms with Crippen molar-refractivity contribution in [2.75, 3.05) is 5.73 Å². The third-order valence-electron chi connectivity index (χ3n) is 2.88. The molecular weight excluding hydrogens is 324 g/mol. The van der Waals surface area contributed by atoms with Gasteiger partial charge in [-0.05, 0) is 39.9 Å². The van der Waals surface area contributed by atoms with Gasteiger partial charge in [0.25, 0.3) is 0 Å². The zero-order chi connectivity index (χ0) is 13.4. The molecule has 0 aliphatic carbocycles. The highest BCUT2D eigenvalue weighted by Crippen LogP contribution is 2.42. The predicted molar refractivity (Wildman–Crippen MR) is 82.1 cm³/mol. The number of anilines is 1. The van der Waals surface area contributed by atoms with Gasteiger partial charge < -0.3 is 10.3 Å². The Morgan fingerprint density at radius 3 is 2.58 bits per heavy atom. The fraction of sp³-hybridized carbons (Fsp3) is 0.0714. The van der Waals surface area contributed by atoms with Gasteiger partial charge in [0.1, 0.15) is 0 Å². The molecule has 1 aromatic carbocycles. The molecule has 3 aromatic rings. The normalized spacial score (nSPS) is 10.8. The molecule has 0 atom stereocenters. The first kappa shape index (κ1) is 12.4. The Kier molecular flexibility index (Phi) is 3.16. The minimum atomic E-state index is 0.416. The average molecular weight is 335 g/mol. The van der Waals surface area contributed by atoms with Crippen LogP contribution in [0.3, 0.4) is 0 Å². The van der Waals surface area contributed by atoms with E-state index < -0.39 is 0 Å². The van der Waals surface area contributed by atoms with Gasteiger partial charge in [0.15, 0.2) is 11.6 Å². The average Bonchev–Trinajstić information content (AvgIpc) is 2.97. The molecule has 5 heteroatoms. The Hall–Kier alpha value is -1.59. The number of nitrogen functional groups attached to an aromatic ring is 1. The lowest BCUT2D eigenvalue weighted by Crippen LogP contribution is -1.88. The topological polar surface area (TPSA) is 52.0 Å². The van der Waals surface area contributed by atoms with E-state index in [2.05, 4.69) is 40.1 Å². The first-order valence-corrected chi connectivity index (χ1v) is 7.39. The Balaban J connectivity index is 2.19. The number of rotatable bonds is 2. The van der Waals surface area contributed by atoms with E-state index in [1.807, 2.05) is 23.6 Å². The monoisotopic (exact) mass is 334 g/mol. The highest BCUT2D eigenvalue weighted by atomic mass is 79.9. The van der Waals surface area contributed by atoms with Crippen LogP contribution in [-0.4, -0.2) is 5.16 Å². The summed E-state index contributed by atoms with van der Waals surface area (Å²) >= 11 is 5.10. The van der Waals surface area contributed by atoms with Crippen molar-refractivity contribution < 1.29 is 4.52 Å². The molecule has 0 fully saturated rings. The molecule has 0 saturated heterocycles. The van der Waals surface area contributed by atoms with E-state index in [9.17, 15) is 0 Å². The molecular formula is C14H11BrN2OS. The van der Waals surface area contributed by atoms with Crippen molar-refractivity contribution in [3.05, 3.63) is 45.7 Å². The minimum absolute atomic E-state index is 0.416. The predicted octanol–water partition coefficient (Wildman–Crippen LogP) is 4.72. The van der Waals surface area contributed by atoms with Gasteiger partial charge in [0, 0.05) is 4.47 Å². The summed E-state index contributed by atoms with van der Waals surface area (Å²) in [5, 5.41) is 5.90. The molecule has 0 amide bonds. The summed E-state index contributed by atoms with van der Waals surface area (Å²) in [4.78, 5) is 1.000. The molecule has 0 aliphatic rings. The molecule has 2 aromatic heterocycles. The van der Waals surface area contributed by atoms with Crippen molar-refractivity contribution in [1.29, 1.82) is 0 Å². The molecule has 0 bridgehead atoms. The van der Waals surface area contributed by atoms with Crippen LogP contribution < -0.4 is 5.73 Å². The maximum Gasteiger partial charge on any atom is 0.187 e. The lowest BCUT2D eigenvalue weighted by atomic mass is 10.0. The van der Waals surface area contributed by atoms with Crippen LogP contribution >= 0.6 is 27.3 Å². The fourth-order valence-corrected chi connectivity index (χ4v) is 3.45. The van der Waals surface area contributed by atoms with Crippen LogP contribution in [0.25, 0.3) is 21.8 Å². The molecule has 0 aliphatic heterocycles. The Labute approximate surface area is 123 Å². The molecule has 2 N–H and O–H groups in total. The van der Waals surface area contributed by atoms with Gasteiger partial charge in [-0.25, -0.2) is 0 Å². The van der Waals surface area contributed by atoms with Crippen LogP contribution in [-0.2, 0) is 0 Å². The number of thiophene rings is 1. The molecule has 0 unspecified atom stereocenters. The van der Waals surface area contributed by atoms with E-state index in [-0.39, 0.29) is 0 Å². The highest BCUT2D eigenvalue weighted by molar-refractivity contribution is 9.10. The number of nitrogens with two attached hydrogens (primary N) is 1. The third-order valence-corrected chi connectivity index (χ3v) is 4.72. The Morgan fingerprint density at radius 2 is 1.95 bits per heavy atom. The molecule has 3 nitrogen and oxygen atoms in total. The number of halogens is 1. The van der Waals surface area contributed by atoms with E-state index in [0.717, 1.165) is 20.5 Å². The number of nitrogens with zero attached hydrogens (tertiary/aromatic N) is 1. The third kappa shape index (κ3) is 2.19.